The second-order valence-corrected chi connectivity index (χ2v) is 4.53. The first kappa shape index (κ1) is 10.2. The maximum absolute atomic E-state index is 5.53. The Labute approximate surface area is 86.7 Å². The Bertz CT molecular complexity index is 202. The van der Waals surface area contributed by atoms with Gasteiger partial charge in [-0.05, 0) is 45.1 Å². The Morgan fingerprint density at radius 3 is 2.93 bits per heavy atom. The molecule has 3 atom stereocenters. The van der Waals surface area contributed by atoms with Gasteiger partial charge in [0, 0.05) is 12.6 Å². The lowest BCUT2D eigenvalue weighted by atomic mass is 9.94. The molecular weight excluding hydrogens is 174 g/mol. The fourth-order valence-electron chi connectivity index (χ4n) is 2.36. The van der Waals surface area contributed by atoms with Crippen LogP contribution in [-0.2, 0) is 4.74 Å². The van der Waals surface area contributed by atoms with E-state index < -0.39 is 0 Å². The van der Waals surface area contributed by atoms with Gasteiger partial charge in [0.1, 0.15) is 0 Å². The molecule has 2 heteroatoms. The minimum absolute atomic E-state index is 0.411. The summed E-state index contributed by atoms with van der Waals surface area (Å²) in [5.74, 6) is 0.854. The minimum Gasteiger partial charge on any atom is -0.377 e. The highest BCUT2D eigenvalue weighted by Gasteiger charge is 2.24. The van der Waals surface area contributed by atoms with Crippen molar-refractivity contribution in [2.24, 2.45) is 5.92 Å². The molecule has 1 aliphatic carbocycles. The molecule has 2 nitrogen and oxygen atoms in total. The molecular formula is C12H21NO. The third kappa shape index (κ3) is 2.58. The van der Waals surface area contributed by atoms with E-state index in [2.05, 4.69) is 24.4 Å². The van der Waals surface area contributed by atoms with E-state index in [1.54, 1.807) is 0 Å². The maximum atomic E-state index is 5.53. The number of hydrogen-bond donors (Lipinski definition) is 1. The van der Waals surface area contributed by atoms with E-state index in [1.165, 1.54) is 32.2 Å². The van der Waals surface area contributed by atoms with Gasteiger partial charge in [0.15, 0.2) is 0 Å². The van der Waals surface area contributed by atoms with Crippen molar-refractivity contribution in [2.45, 2.75) is 44.8 Å². The summed E-state index contributed by atoms with van der Waals surface area (Å²) in [5.41, 5.74) is 0. The first-order chi connectivity index (χ1) is 6.86. The molecule has 0 saturated carbocycles. The molecule has 0 aromatic rings. The quantitative estimate of drug-likeness (QED) is 0.696. The van der Waals surface area contributed by atoms with Crippen LogP contribution in [-0.4, -0.2) is 25.3 Å². The molecule has 1 aliphatic heterocycles. The summed E-state index contributed by atoms with van der Waals surface area (Å²) in [6.45, 7) is 4.28. The molecule has 0 aromatic carbocycles. The molecule has 2 aliphatic rings. The van der Waals surface area contributed by atoms with Crippen molar-refractivity contribution in [2.75, 3.05) is 13.2 Å². The minimum atomic E-state index is 0.411. The van der Waals surface area contributed by atoms with E-state index >= 15 is 0 Å². The summed E-state index contributed by atoms with van der Waals surface area (Å²) >= 11 is 0. The molecule has 1 heterocycles. The molecule has 2 rings (SSSR count). The Morgan fingerprint density at radius 1 is 1.36 bits per heavy atom. The van der Waals surface area contributed by atoms with E-state index in [9.17, 15) is 0 Å². The van der Waals surface area contributed by atoms with Gasteiger partial charge in [0.2, 0.25) is 0 Å². The van der Waals surface area contributed by atoms with Crippen LogP contribution in [0.25, 0.3) is 0 Å². The van der Waals surface area contributed by atoms with Crippen molar-refractivity contribution in [1.82, 2.24) is 5.32 Å². The standard InChI is InChI=1S/C12H21NO/c1-10-12(7-8-14-10)13-9-11-5-3-2-4-6-11/h2-3,10-13H,4-9H2,1H3/t10-,11?,12-/m1/s1. The molecule has 0 spiro atoms. The monoisotopic (exact) mass is 195 g/mol. The van der Waals surface area contributed by atoms with Crippen molar-refractivity contribution in [3.8, 4) is 0 Å². The number of ether oxygens (including phenoxy) is 1. The zero-order valence-corrected chi connectivity index (χ0v) is 9.04. The van der Waals surface area contributed by atoms with Gasteiger partial charge < -0.3 is 10.1 Å². The highest BCUT2D eigenvalue weighted by Crippen LogP contribution is 2.19. The van der Waals surface area contributed by atoms with Crippen molar-refractivity contribution in [3.63, 3.8) is 0 Å². The third-order valence-electron chi connectivity index (χ3n) is 3.42. The second-order valence-electron chi connectivity index (χ2n) is 4.53. The van der Waals surface area contributed by atoms with Gasteiger partial charge in [-0.25, -0.2) is 0 Å². The molecule has 80 valence electrons. The van der Waals surface area contributed by atoms with Crippen LogP contribution in [0.5, 0.6) is 0 Å². The van der Waals surface area contributed by atoms with Crippen LogP contribution in [0.4, 0.5) is 0 Å². The zero-order chi connectivity index (χ0) is 9.80. The average Bonchev–Trinajstić information content (AvgIpc) is 2.63. The van der Waals surface area contributed by atoms with Gasteiger partial charge in [0.25, 0.3) is 0 Å². The molecule has 1 unspecified atom stereocenters. The fourth-order valence-corrected chi connectivity index (χ4v) is 2.36. The molecule has 1 fully saturated rings. The largest absolute Gasteiger partial charge is 0.377 e. The molecule has 0 bridgehead atoms. The van der Waals surface area contributed by atoms with E-state index in [0.717, 1.165) is 12.5 Å². The highest BCUT2D eigenvalue weighted by molar-refractivity contribution is 4.91. The number of rotatable bonds is 3. The molecule has 0 aromatic heterocycles. The highest BCUT2D eigenvalue weighted by atomic mass is 16.5. The lowest BCUT2D eigenvalue weighted by molar-refractivity contribution is 0.112. The van der Waals surface area contributed by atoms with E-state index in [0.29, 0.717) is 12.1 Å². The molecule has 1 saturated heterocycles. The van der Waals surface area contributed by atoms with Crippen molar-refractivity contribution < 1.29 is 4.74 Å². The van der Waals surface area contributed by atoms with Gasteiger partial charge in [0.05, 0.1) is 6.10 Å². The second kappa shape index (κ2) is 4.94. The summed E-state index contributed by atoms with van der Waals surface area (Å²) in [6.07, 6.45) is 10.1. The van der Waals surface area contributed by atoms with E-state index in [4.69, 9.17) is 4.74 Å². The summed E-state index contributed by atoms with van der Waals surface area (Å²) in [7, 11) is 0. The fraction of sp³-hybridized carbons (Fsp3) is 0.833. The van der Waals surface area contributed by atoms with Crippen LogP contribution in [0.3, 0.4) is 0 Å². The Balaban J connectivity index is 1.68. The molecule has 1 N–H and O–H groups in total. The van der Waals surface area contributed by atoms with Gasteiger partial charge in [-0.1, -0.05) is 12.2 Å². The summed E-state index contributed by atoms with van der Waals surface area (Å²) in [5, 5.41) is 3.64. The van der Waals surface area contributed by atoms with Crippen LogP contribution in [0.1, 0.15) is 32.6 Å². The average molecular weight is 195 g/mol. The topological polar surface area (TPSA) is 21.3 Å². The van der Waals surface area contributed by atoms with Crippen molar-refractivity contribution in [3.05, 3.63) is 12.2 Å². The van der Waals surface area contributed by atoms with Crippen LogP contribution >= 0.6 is 0 Å². The summed E-state index contributed by atoms with van der Waals surface area (Å²) < 4.78 is 5.53. The lowest BCUT2D eigenvalue weighted by Crippen LogP contribution is -2.38. The van der Waals surface area contributed by atoms with Gasteiger partial charge in [-0.15, -0.1) is 0 Å². The number of allylic oxidation sites excluding steroid dienone is 2. The Hall–Kier alpha value is -0.340. The molecule has 14 heavy (non-hydrogen) atoms. The van der Waals surface area contributed by atoms with Crippen LogP contribution < -0.4 is 5.32 Å². The third-order valence-corrected chi connectivity index (χ3v) is 3.42. The van der Waals surface area contributed by atoms with Crippen LogP contribution in [0.2, 0.25) is 0 Å². The Kier molecular flexibility index (Phi) is 3.60. The first-order valence-corrected chi connectivity index (χ1v) is 5.86. The van der Waals surface area contributed by atoms with Crippen molar-refractivity contribution in [1.29, 1.82) is 0 Å². The maximum Gasteiger partial charge on any atom is 0.0700 e. The number of nitrogens with one attached hydrogen (secondary N) is 1. The lowest BCUT2D eigenvalue weighted by Gasteiger charge is -2.22. The summed E-state index contributed by atoms with van der Waals surface area (Å²) in [4.78, 5) is 0. The Morgan fingerprint density at radius 2 is 2.29 bits per heavy atom. The SMILES string of the molecule is C[C@H]1OCC[C@H]1NCC1CC=CCC1. The molecule has 0 radical (unpaired) electrons. The summed E-state index contributed by atoms with van der Waals surface area (Å²) in [6, 6.07) is 0.598. The normalized spacial score (nSPS) is 37.6. The van der Waals surface area contributed by atoms with E-state index in [1.807, 2.05) is 0 Å². The predicted molar refractivity (Wildman–Crippen MR) is 58.3 cm³/mol. The van der Waals surface area contributed by atoms with E-state index in [-0.39, 0.29) is 0 Å². The smallest absolute Gasteiger partial charge is 0.0700 e. The van der Waals surface area contributed by atoms with Gasteiger partial charge >= 0.3 is 0 Å². The van der Waals surface area contributed by atoms with Crippen LogP contribution in [0, 0.1) is 5.92 Å². The number of hydrogen-bond acceptors (Lipinski definition) is 2. The predicted octanol–water partition coefficient (Wildman–Crippen LogP) is 2.11. The van der Waals surface area contributed by atoms with Crippen LogP contribution in [0.15, 0.2) is 12.2 Å². The van der Waals surface area contributed by atoms with Gasteiger partial charge in [-0.2, -0.15) is 0 Å². The zero-order valence-electron chi connectivity index (χ0n) is 9.04. The first-order valence-electron chi connectivity index (χ1n) is 5.86. The van der Waals surface area contributed by atoms with Gasteiger partial charge in [-0.3, -0.25) is 0 Å². The molecule has 0 amide bonds. The van der Waals surface area contributed by atoms with Crippen molar-refractivity contribution >= 4 is 0 Å².